The molecule has 0 N–H and O–H groups in total. The van der Waals surface area contributed by atoms with Crippen LogP contribution in [0.5, 0.6) is 17.2 Å². The number of ether oxygens (including phenoxy) is 5. The summed E-state index contributed by atoms with van der Waals surface area (Å²) in [5, 5.41) is 0.680. The first-order valence-electron chi connectivity index (χ1n) is 17.4. The van der Waals surface area contributed by atoms with Crippen molar-refractivity contribution in [3.63, 3.8) is 0 Å². The quantitative estimate of drug-likeness (QED) is 0.127. The van der Waals surface area contributed by atoms with Crippen molar-refractivity contribution in [2.75, 3.05) is 26.9 Å². The van der Waals surface area contributed by atoms with Crippen LogP contribution >= 0.6 is 22.9 Å². The molecule has 13 heteroatoms. The van der Waals surface area contributed by atoms with E-state index in [0.717, 1.165) is 34.0 Å². The molecule has 280 valence electrons. The first-order chi connectivity index (χ1) is 26.0. The van der Waals surface area contributed by atoms with Crippen LogP contribution in [0.2, 0.25) is 5.02 Å². The molecule has 0 spiro atoms. The molecule has 3 heterocycles. The van der Waals surface area contributed by atoms with E-state index in [2.05, 4.69) is 4.57 Å². The summed E-state index contributed by atoms with van der Waals surface area (Å²) in [6.07, 6.45) is 1.86. The van der Waals surface area contributed by atoms with Crippen LogP contribution in [-0.4, -0.2) is 48.0 Å². The first kappa shape index (κ1) is 38.1. The molecule has 2 aromatic heterocycles. The van der Waals surface area contributed by atoms with E-state index in [1.54, 1.807) is 32.0 Å². The number of aryl methyl sites for hydroxylation is 1. The summed E-state index contributed by atoms with van der Waals surface area (Å²) in [7, 11) is 1.28. The number of nitrogens with zero attached hydrogens (tertiary/aromatic N) is 3. The molecule has 0 saturated heterocycles. The lowest BCUT2D eigenvalue weighted by Crippen LogP contribution is -2.40. The maximum absolute atomic E-state index is 14.4. The molecule has 0 unspecified atom stereocenters. The van der Waals surface area contributed by atoms with Gasteiger partial charge in [-0.25, -0.2) is 14.6 Å². The normalized spacial score (nSPS) is 14.0. The molecule has 0 amide bonds. The molecule has 54 heavy (non-hydrogen) atoms. The van der Waals surface area contributed by atoms with Gasteiger partial charge in [0.25, 0.3) is 5.56 Å². The second-order valence-corrected chi connectivity index (χ2v) is 13.8. The van der Waals surface area contributed by atoms with Crippen molar-refractivity contribution in [2.24, 2.45) is 4.99 Å². The van der Waals surface area contributed by atoms with Crippen molar-refractivity contribution < 1.29 is 33.3 Å². The standard InChI is InChI=1S/C41H40ClN3O8S/c1-7-50-34-20-28(11-18-33(34)53-23-36(46)49-6)38-37(40(48)51-8-2)25(4)43-41-45(38)39(47)35(54-41)21-29-19-24(3)44(26(29)5)31-14-16-32(17-15-31)52-22-27-9-12-30(42)13-10-27/h9-21,38H,7-8,22-23H2,1-6H3/b35-21+/t38-/m0/s1. The summed E-state index contributed by atoms with van der Waals surface area (Å²) in [5.41, 5.74) is 5.70. The highest BCUT2D eigenvalue weighted by molar-refractivity contribution is 7.07. The smallest absolute Gasteiger partial charge is 0.343 e. The SMILES string of the molecule is CCOC(=O)C1=C(C)N=c2s/c(=C/c3cc(C)n(-c4ccc(OCc5ccc(Cl)cc5)cc4)c3C)c(=O)n2[C@H]1c1ccc(OCC(=O)OC)c(OCC)c1. The fourth-order valence-corrected chi connectivity index (χ4v) is 7.46. The number of hydrogen-bond donors (Lipinski definition) is 0. The first-order valence-corrected chi connectivity index (χ1v) is 18.5. The largest absolute Gasteiger partial charge is 0.490 e. The molecular weight excluding hydrogens is 730 g/mol. The Morgan fingerprint density at radius 2 is 1.65 bits per heavy atom. The van der Waals surface area contributed by atoms with Crippen LogP contribution in [0.4, 0.5) is 0 Å². The summed E-state index contributed by atoms with van der Waals surface area (Å²) in [5.74, 6) is 0.263. The number of hydrogen-bond acceptors (Lipinski definition) is 10. The van der Waals surface area contributed by atoms with Gasteiger partial charge in [0.1, 0.15) is 12.4 Å². The molecule has 0 radical (unpaired) electrons. The lowest BCUT2D eigenvalue weighted by Gasteiger charge is -2.25. The van der Waals surface area contributed by atoms with Crippen molar-refractivity contribution in [2.45, 2.75) is 47.3 Å². The van der Waals surface area contributed by atoms with Crippen molar-refractivity contribution in [3.05, 3.63) is 137 Å². The number of thiazole rings is 1. The Bertz CT molecular complexity index is 2410. The van der Waals surface area contributed by atoms with Gasteiger partial charge in [0, 0.05) is 22.1 Å². The molecular formula is C41H40ClN3O8S. The van der Waals surface area contributed by atoms with Gasteiger partial charge < -0.3 is 28.3 Å². The molecule has 3 aromatic carbocycles. The highest BCUT2D eigenvalue weighted by Crippen LogP contribution is 2.36. The minimum atomic E-state index is -0.871. The summed E-state index contributed by atoms with van der Waals surface area (Å²) >= 11 is 7.25. The Kier molecular flexibility index (Phi) is 11.7. The van der Waals surface area contributed by atoms with Crippen LogP contribution in [0.15, 0.2) is 93.9 Å². The van der Waals surface area contributed by atoms with Gasteiger partial charge in [-0.3, -0.25) is 9.36 Å². The lowest BCUT2D eigenvalue weighted by molar-refractivity contribution is -0.143. The van der Waals surface area contributed by atoms with E-state index >= 15 is 0 Å². The zero-order valence-corrected chi connectivity index (χ0v) is 32.4. The lowest BCUT2D eigenvalue weighted by atomic mass is 9.95. The molecule has 5 aromatic rings. The van der Waals surface area contributed by atoms with E-state index in [-0.39, 0.29) is 24.3 Å². The average Bonchev–Trinajstić information content (AvgIpc) is 3.62. The van der Waals surface area contributed by atoms with Gasteiger partial charge in [-0.1, -0.05) is 41.1 Å². The van der Waals surface area contributed by atoms with Gasteiger partial charge in [-0.2, -0.15) is 0 Å². The summed E-state index contributed by atoms with van der Waals surface area (Å²) in [6.45, 7) is 9.85. The molecule has 0 bridgehead atoms. The van der Waals surface area contributed by atoms with Crippen molar-refractivity contribution in [3.8, 4) is 22.9 Å². The molecule has 1 atom stereocenters. The predicted molar refractivity (Wildman–Crippen MR) is 207 cm³/mol. The molecule has 0 saturated carbocycles. The summed E-state index contributed by atoms with van der Waals surface area (Å²) < 4.78 is 31.8. The van der Waals surface area contributed by atoms with E-state index in [0.29, 0.717) is 50.3 Å². The van der Waals surface area contributed by atoms with Crippen molar-refractivity contribution in [1.82, 2.24) is 9.13 Å². The zero-order valence-electron chi connectivity index (χ0n) is 30.8. The van der Waals surface area contributed by atoms with Gasteiger partial charge in [0.2, 0.25) is 0 Å². The number of carbonyl (C=O) groups excluding carboxylic acids is 2. The number of rotatable bonds is 13. The van der Waals surface area contributed by atoms with Crippen LogP contribution in [-0.2, 0) is 25.7 Å². The molecule has 6 rings (SSSR count). The van der Waals surface area contributed by atoms with E-state index in [1.165, 1.54) is 23.0 Å². The Morgan fingerprint density at radius 1 is 0.907 bits per heavy atom. The van der Waals surface area contributed by atoms with E-state index in [9.17, 15) is 14.4 Å². The number of esters is 2. The number of benzene rings is 3. The number of fused-ring (bicyclic) bond motifs is 1. The third-order valence-corrected chi connectivity index (χ3v) is 10.1. The predicted octanol–water partition coefficient (Wildman–Crippen LogP) is 6.39. The van der Waals surface area contributed by atoms with Crippen LogP contribution in [0.3, 0.4) is 0 Å². The highest BCUT2D eigenvalue weighted by atomic mass is 35.5. The van der Waals surface area contributed by atoms with Crippen LogP contribution in [0.25, 0.3) is 11.8 Å². The van der Waals surface area contributed by atoms with Crippen LogP contribution in [0.1, 0.15) is 54.9 Å². The molecule has 0 fully saturated rings. The monoisotopic (exact) mass is 769 g/mol. The van der Waals surface area contributed by atoms with Crippen molar-refractivity contribution >= 4 is 41.0 Å². The third-order valence-electron chi connectivity index (χ3n) is 8.84. The second kappa shape index (κ2) is 16.6. The topological polar surface area (TPSA) is 120 Å². The van der Waals surface area contributed by atoms with Gasteiger partial charge in [-0.15, -0.1) is 0 Å². The van der Waals surface area contributed by atoms with Crippen molar-refractivity contribution in [1.29, 1.82) is 0 Å². The van der Waals surface area contributed by atoms with E-state index in [1.807, 2.05) is 81.4 Å². The minimum Gasteiger partial charge on any atom is -0.490 e. The molecule has 11 nitrogen and oxygen atoms in total. The van der Waals surface area contributed by atoms with Crippen LogP contribution < -0.4 is 29.1 Å². The number of halogens is 1. The number of carbonyl (C=O) groups is 2. The third kappa shape index (κ3) is 7.99. The fourth-order valence-electron chi connectivity index (χ4n) is 6.30. The fraction of sp³-hybridized carbons (Fsp3) is 0.268. The van der Waals surface area contributed by atoms with Gasteiger partial charge in [0.15, 0.2) is 22.9 Å². The Balaban J connectivity index is 1.36. The maximum atomic E-state index is 14.4. The number of aromatic nitrogens is 2. The van der Waals surface area contributed by atoms with E-state index in [4.69, 9.17) is 40.3 Å². The van der Waals surface area contributed by atoms with Crippen LogP contribution in [0, 0.1) is 13.8 Å². The molecule has 0 aliphatic carbocycles. The number of methoxy groups -OCH3 is 1. The van der Waals surface area contributed by atoms with Gasteiger partial charge >= 0.3 is 11.9 Å². The number of allylic oxidation sites excluding steroid dienone is 1. The molecule has 1 aliphatic heterocycles. The summed E-state index contributed by atoms with van der Waals surface area (Å²) in [6, 6.07) is 21.6. The van der Waals surface area contributed by atoms with E-state index < -0.39 is 18.0 Å². The minimum absolute atomic E-state index is 0.145. The average molecular weight is 770 g/mol. The van der Waals surface area contributed by atoms with Gasteiger partial charge in [-0.05, 0) is 112 Å². The molecule has 1 aliphatic rings. The maximum Gasteiger partial charge on any atom is 0.343 e. The highest BCUT2D eigenvalue weighted by Gasteiger charge is 2.34. The van der Waals surface area contributed by atoms with Gasteiger partial charge in [0.05, 0.1) is 42.2 Å². The summed E-state index contributed by atoms with van der Waals surface area (Å²) in [4.78, 5) is 44.8. The Labute approximate surface area is 321 Å². The second-order valence-electron chi connectivity index (χ2n) is 12.4. The Hall–Kier alpha value is -5.59. The Morgan fingerprint density at radius 3 is 2.33 bits per heavy atom. The zero-order chi connectivity index (χ0) is 38.5.